The van der Waals surface area contributed by atoms with Crippen molar-refractivity contribution in [3.05, 3.63) is 89.7 Å². The van der Waals surface area contributed by atoms with Crippen LogP contribution in [0.5, 0.6) is 5.75 Å². The summed E-state index contributed by atoms with van der Waals surface area (Å²) in [4.78, 5) is 25.1. The van der Waals surface area contributed by atoms with Crippen molar-refractivity contribution in [1.82, 2.24) is 5.32 Å². The topological polar surface area (TPSA) is 92.6 Å². The molecule has 0 saturated heterocycles. The number of hydrogen-bond acceptors (Lipinski definition) is 5. The zero-order chi connectivity index (χ0) is 24.1. The molecule has 1 heterocycles. The molecule has 34 heavy (non-hydrogen) atoms. The molecule has 0 aliphatic heterocycles. The first-order valence-electron chi connectivity index (χ1n) is 10.7. The van der Waals surface area contributed by atoms with Crippen LogP contribution >= 0.6 is 12.2 Å². The molecule has 1 aromatic heterocycles. The number of carbonyl (C=O) groups excluding carboxylic acids is 2. The number of fused-ring (bicyclic) bond motifs is 1. The van der Waals surface area contributed by atoms with E-state index in [1.165, 1.54) is 0 Å². The number of aryl methyl sites for hydroxylation is 1. The van der Waals surface area contributed by atoms with Crippen molar-refractivity contribution in [2.24, 2.45) is 0 Å². The molecule has 3 N–H and O–H groups in total. The number of anilines is 2. The minimum atomic E-state index is -0.342. The molecule has 0 unspecified atom stereocenters. The van der Waals surface area contributed by atoms with Crippen LogP contribution in [0.3, 0.4) is 0 Å². The smallest absolute Gasteiger partial charge is 0.291 e. The molecule has 4 aromatic rings. The molecule has 172 valence electrons. The second-order valence-electron chi connectivity index (χ2n) is 7.50. The van der Waals surface area contributed by atoms with Gasteiger partial charge < -0.3 is 19.8 Å². The first-order valence-corrected chi connectivity index (χ1v) is 11.1. The Hall–Kier alpha value is -4.17. The second kappa shape index (κ2) is 10.2. The molecule has 0 spiro atoms. The Morgan fingerprint density at radius 2 is 1.76 bits per heavy atom. The van der Waals surface area contributed by atoms with Crippen molar-refractivity contribution in [2.75, 3.05) is 17.2 Å². The van der Waals surface area contributed by atoms with Crippen LogP contribution in [0.4, 0.5) is 11.4 Å². The fourth-order valence-corrected chi connectivity index (χ4v) is 3.60. The first-order chi connectivity index (χ1) is 16.4. The normalized spacial score (nSPS) is 10.5. The molecule has 0 radical (unpaired) electrons. The summed E-state index contributed by atoms with van der Waals surface area (Å²) in [5.41, 5.74) is 3.22. The number of para-hydroxylation sites is 1. The maximum absolute atomic E-state index is 12.6. The average molecular weight is 474 g/mol. The molecule has 7 nitrogen and oxygen atoms in total. The van der Waals surface area contributed by atoms with Gasteiger partial charge in [-0.1, -0.05) is 24.3 Å². The minimum Gasteiger partial charge on any atom is -0.494 e. The maximum atomic E-state index is 12.6. The molecular formula is C26H23N3O4S. The quantitative estimate of drug-likeness (QED) is 0.320. The number of carbonyl (C=O) groups is 2. The fraction of sp³-hybridized carbons (Fsp3) is 0.115. The van der Waals surface area contributed by atoms with Gasteiger partial charge in [0.1, 0.15) is 11.3 Å². The maximum Gasteiger partial charge on any atom is 0.291 e. The van der Waals surface area contributed by atoms with E-state index in [9.17, 15) is 9.59 Å². The summed E-state index contributed by atoms with van der Waals surface area (Å²) in [6.07, 6.45) is 0. The Balaban J connectivity index is 1.37. The monoisotopic (exact) mass is 473 g/mol. The number of ether oxygens (including phenoxy) is 1. The summed E-state index contributed by atoms with van der Waals surface area (Å²) in [7, 11) is 0. The van der Waals surface area contributed by atoms with Gasteiger partial charge in [-0.05, 0) is 80.2 Å². The third-order valence-electron chi connectivity index (χ3n) is 5.02. The molecule has 0 aliphatic rings. The van der Waals surface area contributed by atoms with Gasteiger partial charge in [0.2, 0.25) is 0 Å². The number of benzene rings is 3. The van der Waals surface area contributed by atoms with E-state index in [1.54, 1.807) is 42.5 Å². The Morgan fingerprint density at radius 1 is 0.941 bits per heavy atom. The van der Waals surface area contributed by atoms with Crippen molar-refractivity contribution < 1.29 is 18.7 Å². The van der Waals surface area contributed by atoms with E-state index in [1.807, 2.05) is 44.2 Å². The number of furan rings is 1. The first kappa shape index (κ1) is 23.0. The highest BCUT2D eigenvalue weighted by Crippen LogP contribution is 2.23. The molecule has 8 heteroatoms. The van der Waals surface area contributed by atoms with Crippen LogP contribution < -0.4 is 20.7 Å². The van der Waals surface area contributed by atoms with Crippen LogP contribution in [0.25, 0.3) is 11.0 Å². The summed E-state index contributed by atoms with van der Waals surface area (Å²) in [5.74, 6) is 0.174. The molecule has 3 aromatic carbocycles. The van der Waals surface area contributed by atoms with Crippen LogP contribution in [-0.4, -0.2) is 23.5 Å². The van der Waals surface area contributed by atoms with Gasteiger partial charge in [-0.3, -0.25) is 14.9 Å². The lowest BCUT2D eigenvalue weighted by atomic mass is 10.1. The largest absolute Gasteiger partial charge is 0.494 e. The van der Waals surface area contributed by atoms with Crippen LogP contribution in [0, 0.1) is 6.92 Å². The molecule has 0 saturated carbocycles. The Kier molecular flexibility index (Phi) is 6.89. The Labute approximate surface area is 202 Å². The lowest BCUT2D eigenvalue weighted by molar-refractivity contribution is 0.0974. The lowest BCUT2D eigenvalue weighted by Crippen LogP contribution is -2.34. The molecular weight excluding hydrogens is 450 g/mol. The number of thiocarbonyl (C=S) groups is 1. The molecule has 0 atom stereocenters. The summed E-state index contributed by atoms with van der Waals surface area (Å²) >= 11 is 5.28. The molecule has 0 fully saturated rings. The second-order valence-corrected chi connectivity index (χ2v) is 7.91. The molecule has 2 amide bonds. The van der Waals surface area contributed by atoms with Crippen molar-refractivity contribution >= 4 is 51.5 Å². The van der Waals surface area contributed by atoms with E-state index >= 15 is 0 Å². The SMILES string of the molecule is CCOc1cccc(C(=O)NC(=S)Nc2ccc(NC(=O)c3cc4ccccc4o3)c(C)c2)c1. The predicted octanol–water partition coefficient (Wildman–Crippen LogP) is 5.52. The minimum absolute atomic E-state index is 0.158. The van der Waals surface area contributed by atoms with Crippen LogP contribution in [0.15, 0.2) is 77.2 Å². The van der Waals surface area contributed by atoms with E-state index in [0.29, 0.717) is 34.9 Å². The number of nitrogens with one attached hydrogen (secondary N) is 3. The van der Waals surface area contributed by atoms with Gasteiger partial charge in [-0.25, -0.2) is 0 Å². The third kappa shape index (κ3) is 5.41. The summed E-state index contributed by atoms with van der Waals surface area (Å²) < 4.78 is 11.1. The average Bonchev–Trinajstić information content (AvgIpc) is 3.26. The van der Waals surface area contributed by atoms with Gasteiger partial charge >= 0.3 is 0 Å². The van der Waals surface area contributed by atoms with E-state index in [4.69, 9.17) is 21.4 Å². The van der Waals surface area contributed by atoms with Gasteiger partial charge in [0.25, 0.3) is 11.8 Å². The molecule has 0 bridgehead atoms. The van der Waals surface area contributed by atoms with E-state index in [2.05, 4.69) is 16.0 Å². The molecule has 4 rings (SSSR count). The van der Waals surface area contributed by atoms with Crippen molar-refractivity contribution in [1.29, 1.82) is 0 Å². The van der Waals surface area contributed by atoms with Crippen molar-refractivity contribution in [2.45, 2.75) is 13.8 Å². The van der Waals surface area contributed by atoms with E-state index in [-0.39, 0.29) is 22.7 Å². The van der Waals surface area contributed by atoms with Gasteiger partial charge in [0.15, 0.2) is 10.9 Å². The summed E-state index contributed by atoms with van der Waals surface area (Å²) in [6, 6.07) is 21.4. The predicted molar refractivity (Wildman–Crippen MR) is 137 cm³/mol. The highest BCUT2D eigenvalue weighted by atomic mass is 32.1. The van der Waals surface area contributed by atoms with Gasteiger partial charge in [-0.15, -0.1) is 0 Å². The van der Waals surface area contributed by atoms with E-state index in [0.717, 1.165) is 10.9 Å². The van der Waals surface area contributed by atoms with Crippen LogP contribution in [-0.2, 0) is 0 Å². The standard InChI is InChI=1S/C26H23N3O4S/c1-3-32-20-9-6-8-18(14-20)24(30)29-26(34)27-19-11-12-21(16(2)13-19)28-25(31)23-15-17-7-4-5-10-22(17)33-23/h4-15H,3H2,1-2H3,(H,28,31)(H2,27,29,30,34). The zero-order valence-corrected chi connectivity index (χ0v) is 19.5. The third-order valence-corrected chi connectivity index (χ3v) is 5.22. The van der Waals surface area contributed by atoms with Crippen LogP contribution in [0.2, 0.25) is 0 Å². The van der Waals surface area contributed by atoms with Gasteiger partial charge in [0.05, 0.1) is 6.61 Å². The molecule has 0 aliphatic carbocycles. The summed E-state index contributed by atoms with van der Waals surface area (Å²) in [5, 5.41) is 9.53. The zero-order valence-electron chi connectivity index (χ0n) is 18.7. The van der Waals surface area contributed by atoms with Crippen molar-refractivity contribution in [3.8, 4) is 5.75 Å². The summed E-state index contributed by atoms with van der Waals surface area (Å²) in [6.45, 7) is 4.25. The highest BCUT2D eigenvalue weighted by molar-refractivity contribution is 7.80. The van der Waals surface area contributed by atoms with Crippen LogP contribution in [0.1, 0.15) is 33.4 Å². The number of amides is 2. The Morgan fingerprint density at radius 3 is 2.53 bits per heavy atom. The van der Waals surface area contributed by atoms with Crippen molar-refractivity contribution in [3.63, 3.8) is 0 Å². The van der Waals surface area contributed by atoms with Gasteiger partial charge in [-0.2, -0.15) is 0 Å². The number of rotatable bonds is 6. The van der Waals surface area contributed by atoms with Gasteiger partial charge in [0, 0.05) is 22.3 Å². The number of hydrogen-bond donors (Lipinski definition) is 3. The fourth-order valence-electron chi connectivity index (χ4n) is 3.39. The lowest BCUT2D eigenvalue weighted by Gasteiger charge is -2.13. The Bertz CT molecular complexity index is 1350. The highest BCUT2D eigenvalue weighted by Gasteiger charge is 2.14. The van der Waals surface area contributed by atoms with E-state index < -0.39 is 0 Å².